The number of carbonyl (C=O) groups is 1. The van der Waals surface area contributed by atoms with E-state index in [1.54, 1.807) is 0 Å². The molecule has 1 aliphatic rings. The first-order chi connectivity index (χ1) is 9.22. The Bertz CT molecular complexity index is 605. The summed E-state index contributed by atoms with van der Waals surface area (Å²) in [5.41, 5.74) is -3.37. The van der Waals surface area contributed by atoms with Gasteiger partial charge < -0.3 is 10.6 Å². The number of alkyl halides is 3. The Balaban J connectivity index is 2.79. The Labute approximate surface area is 112 Å². The number of nitrogens with one attached hydrogen (secondary N) is 2. The molecule has 2 unspecified atom stereocenters. The maximum Gasteiger partial charge on any atom is 0.417 e. The topological polar surface area (TPSA) is 41.1 Å². The van der Waals surface area contributed by atoms with Gasteiger partial charge in [0.1, 0.15) is 5.82 Å². The van der Waals surface area contributed by atoms with Crippen molar-refractivity contribution in [1.29, 1.82) is 0 Å². The van der Waals surface area contributed by atoms with E-state index in [-0.39, 0.29) is 5.69 Å². The van der Waals surface area contributed by atoms with Gasteiger partial charge in [-0.15, -0.1) is 12.3 Å². The van der Waals surface area contributed by atoms with Gasteiger partial charge in [-0.3, -0.25) is 0 Å². The highest BCUT2D eigenvalue weighted by molar-refractivity contribution is 5.94. The Morgan fingerprint density at radius 1 is 1.40 bits per heavy atom. The summed E-state index contributed by atoms with van der Waals surface area (Å²) in [6.07, 6.45) is 0.234. The molecule has 1 aromatic rings. The second-order valence-corrected chi connectivity index (χ2v) is 4.46. The van der Waals surface area contributed by atoms with Crippen molar-refractivity contribution >= 4 is 11.7 Å². The number of benzene rings is 1. The van der Waals surface area contributed by atoms with Crippen molar-refractivity contribution in [2.75, 3.05) is 5.32 Å². The van der Waals surface area contributed by atoms with Gasteiger partial charge in [0.2, 0.25) is 0 Å². The molecule has 106 valence electrons. The summed E-state index contributed by atoms with van der Waals surface area (Å²) < 4.78 is 54.0. The molecule has 1 aromatic carbocycles. The van der Waals surface area contributed by atoms with E-state index in [2.05, 4.69) is 5.32 Å². The molecule has 0 radical (unpaired) electrons. The summed E-state index contributed by atoms with van der Waals surface area (Å²) in [4.78, 5) is 11.5. The number of halogens is 4. The molecule has 7 heteroatoms. The number of hydrogen-bond donors (Lipinski definition) is 2. The number of hydrogen-bond acceptors (Lipinski definition) is 1. The van der Waals surface area contributed by atoms with Gasteiger partial charge >= 0.3 is 12.2 Å². The van der Waals surface area contributed by atoms with Crippen LogP contribution >= 0.6 is 0 Å². The van der Waals surface area contributed by atoms with Crippen LogP contribution in [0.2, 0.25) is 0 Å². The van der Waals surface area contributed by atoms with Gasteiger partial charge in [0.25, 0.3) is 0 Å². The summed E-state index contributed by atoms with van der Waals surface area (Å²) in [5.74, 6) is -0.278. The molecular formula is C13H10F4N2O. The third-order valence-electron chi connectivity index (χ3n) is 3.31. The maximum absolute atomic E-state index is 13.6. The molecule has 0 spiro atoms. The molecule has 0 fully saturated rings. The van der Waals surface area contributed by atoms with Crippen LogP contribution in [0.3, 0.4) is 0 Å². The largest absolute Gasteiger partial charge is 0.417 e. The average molecular weight is 286 g/mol. The minimum atomic E-state index is -4.88. The van der Waals surface area contributed by atoms with E-state index < -0.39 is 35.0 Å². The smallest absolute Gasteiger partial charge is 0.319 e. The van der Waals surface area contributed by atoms with Gasteiger partial charge in [0.15, 0.2) is 5.54 Å². The summed E-state index contributed by atoms with van der Waals surface area (Å²) >= 11 is 0. The molecule has 20 heavy (non-hydrogen) atoms. The van der Waals surface area contributed by atoms with E-state index in [1.807, 2.05) is 11.2 Å². The first kappa shape index (κ1) is 14.2. The van der Waals surface area contributed by atoms with E-state index in [1.165, 1.54) is 0 Å². The highest BCUT2D eigenvalue weighted by atomic mass is 19.4. The Morgan fingerprint density at radius 3 is 2.60 bits per heavy atom. The minimum absolute atomic E-state index is 0.116. The van der Waals surface area contributed by atoms with Gasteiger partial charge in [-0.1, -0.05) is 0 Å². The molecule has 1 heterocycles. The fraction of sp³-hybridized carbons (Fsp3) is 0.308. The number of rotatable bonds is 1. The van der Waals surface area contributed by atoms with Crippen LogP contribution in [-0.4, -0.2) is 12.2 Å². The molecule has 0 aromatic heterocycles. The molecule has 0 bridgehead atoms. The monoisotopic (exact) mass is 286 g/mol. The van der Waals surface area contributed by atoms with Gasteiger partial charge in [0, 0.05) is 11.3 Å². The standard InChI is InChI=1S/C13H10F4N2O/c1-3-7(2)12(13(15,16)17)9-6-8(14)4-5-10(9)18-11(20)19-12/h1,4-7H,2H3,(H2,18,19,20). The summed E-state index contributed by atoms with van der Waals surface area (Å²) in [7, 11) is 0. The Morgan fingerprint density at radius 2 is 2.05 bits per heavy atom. The van der Waals surface area contributed by atoms with E-state index in [0.29, 0.717) is 0 Å². The molecule has 2 N–H and O–H groups in total. The third-order valence-corrected chi connectivity index (χ3v) is 3.31. The van der Waals surface area contributed by atoms with Crippen LogP contribution in [0.5, 0.6) is 0 Å². The van der Waals surface area contributed by atoms with Crippen LogP contribution in [0, 0.1) is 24.1 Å². The van der Waals surface area contributed by atoms with Crippen molar-refractivity contribution in [3.05, 3.63) is 29.6 Å². The first-order valence-corrected chi connectivity index (χ1v) is 5.64. The average Bonchev–Trinajstić information content (AvgIpc) is 2.36. The lowest BCUT2D eigenvalue weighted by Crippen LogP contribution is -2.63. The maximum atomic E-state index is 13.6. The number of urea groups is 1. The lowest BCUT2D eigenvalue weighted by Gasteiger charge is -2.43. The van der Waals surface area contributed by atoms with Crippen molar-refractivity contribution in [3.8, 4) is 12.3 Å². The fourth-order valence-corrected chi connectivity index (χ4v) is 2.29. The van der Waals surface area contributed by atoms with Gasteiger partial charge in [-0.25, -0.2) is 9.18 Å². The molecule has 2 atom stereocenters. The second kappa shape index (κ2) is 4.40. The highest BCUT2D eigenvalue weighted by Crippen LogP contribution is 2.48. The number of amides is 2. The summed E-state index contributed by atoms with van der Waals surface area (Å²) in [6.45, 7) is 1.15. The molecule has 2 rings (SSSR count). The van der Waals surface area contributed by atoms with Crippen LogP contribution < -0.4 is 10.6 Å². The van der Waals surface area contributed by atoms with Crippen LogP contribution in [0.1, 0.15) is 12.5 Å². The van der Waals surface area contributed by atoms with E-state index in [0.717, 1.165) is 25.1 Å². The number of anilines is 1. The zero-order valence-electron chi connectivity index (χ0n) is 10.3. The van der Waals surface area contributed by atoms with Crippen molar-refractivity contribution < 1.29 is 22.4 Å². The summed E-state index contributed by atoms with van der Waals surface area (Å²) in [5, 5.41) is 4.03. The van der Waals surface area contributed by atoms with Crippen molar-refractivity contribution in [3.63, 3.8) is 0 Å². The van der Waals surface area contributed by atoms with Gasteiger partial charge in [0.05, 0.1) is 5.92 Å². The predicted octanol–water partition coefficient (Wildman–Crippen LogP) is 2.99. The zero-order chi connectivity index (χ0) is 15.1. The molecule has 0 saturated heterocycles. The third kappa shape index (κ3) is 1.88. The predicted molar refractivity (Wildman–Crippen MR) is 64.3 cm³/mol. The lowest BCUT2D eigenvalue weighted by molar-refractivity contribution is -0.206. The Hall–Kier alpha value is -2.23. The lowest BCUT2D eigenvalue weighted by atomic mass is 9.76. The normalized spacial score (nSPS) is 23.1. The van der Waals surface area contributed by atoms with Gasteiger partial charge in [-0.2, -0.15) is 13.2 Å². The summed E-state index contributed by atoms with van der Waals surface area (Å²) in [6, 6.07) is 1.73. The van der Waals surface area contributed by atoms with Crippen molar-refractivity contribution in [1.82, 2.24) is 5.32 Å². The van der Waals surface area contributed by atoms with Gasteiger partial charge in [-0.05, 0) is 25.1 Å². The minimum Gasteiger partial charge on any atom is -0.319 e. The van der Waals surface area contributed by atoms with E-state index >= 15 is 0 Å². The Kier molecular flexibility index (Phi) is 3.12. The van der Waals surface area contributed by atoms with E-state index in [9.17, 15) is 22.4 Å². The van der Waals surface area contributed by atoms with E-state index in [4.69, 9.17) is 6.42 Å². The molecule has 1 aliphatic heterocycles. The number of carbonyl (C=O) groups excluding carboxylic acids is 1. The fourth-order valence-electron chi connectivity index (χ4n) is 2.29. The number of fused-ring (bicyclic) bond motifs is 1. The molecule has 0 saturated carbocycles. The van der Waals surface area contributed by atoms with Crippen LogP contribution in [-0.2, 0) is 5.54 Å². The number of terminal acetylenes is 1. The zero-order valence-corrected chi connectivity index (χ0v) is 10.3. The second-order valence-electron chi connectivity index (χ2n) is 4.46. The van der Waals surface area contributed by atoms with Crippen LogP contribution in [0.15, 0.2) is 18.2 Å². The molecule has 0 aliphatic carbocycles. The first-order valence-electron chi connectivity index (χ1n) is 5.64. The molecule has 3 nitrogen and oxygen atoms in total. The highest BCUT2D eigenvalue weighted by Gasteiger charge is 2.62. The molecular weight excluding hydrogens is 276 g/mol. The van der Waals surface area contributed by atoms with Crippen LogP contribution in [0.4, 0.5) is 28.0 Å². The quantitative estimate of drug-likeness (QED) is 0.605. The molecule has 2 amide bonds. The van der Waals surface area contributed by atoms with Crippen LogP contribution in [0.25, 0.3) is 0 Å². The van der Waals surface area contributed by atoms with Crippen molar-refractivity contribution in [2.45, 2.75) is 18.6 Å². The SMILES string of the molecule is C#CC(C)C1(C(F)(F)F)NC(=O)Nc2ccc(F)cc21. The van der Waals surface area contributed by atoms with Crippen molar-refractivity contribution in [2.24, 2.45) is 5.92 Å².